The average Bonchev–Trinajstić information content (AvgIpc) is 3.27. The van der Waals surface area contributed by atoms with Gasteiger partial charge in [-0.3, -0.25) is 18.6 Å². The van der Waals surface area contributed by atoms with Crippen molar-refractivity contribution < 1.29 is 47.8 Å². The molecule has 63 heavy (non-hydrogen) atoms. The van der Waals surface area contributed by atoms with Gasteiger partial charge in [0.2, 0.25) is 0 Å². The van der Waals surface area contributed by atoms with Crippen LogP contribution in [0.2, 0.25) is 0 Å². The van der Waals surface area contributed by atoms with Crippen LogP contribution in [0.25, 0.3) is 0 Å². The van der Waals surface area contributed by atoms with Crippen LogP contribution in [0.1, 0.15) is 258 Å². The highest BCUT2D eigenvalue weighted by Crippen LogP contribution is 2.43. The van der Waals surface area contributed by atoms with Gasteiger partial charge in [0.1, 0.15) is 12.7 Å². The van der Waals surface area contributed by atoms with Crippen LogP contribution in [0.15, 0.2) is 24.3 Å². The molecule has 0 aromatic rings. The number of allylic oxidation sites excluding steroid dienone is 4. The average molecular weight is 915 g/mol. The van der Waals surface area contributed by atoms with Crippen molar-refractivity contribution in [3.63, 3.8) is 0 Å². The second-order valence-corrected chi connectivity index (χ2v) is 19.4. The topological polar surface area (TPSA) is 149 Å². The second-order valence-electron chi connectivity index (χ2n) is 17.9. The van der Waals surface area contributed by atoms with Crippen molar-refractivity contribution in [3.05, 3.63) is 24.3 Å². The Kier molecular flexibility index (Phi) is 47.2. The Balaban J connectivity index is 4.10. The van der Waals surface area contributed by atoms with Crippen molar-refractivity contribution in [1.82, 2.24) is 0 Å². The Bertz CT molecular complexity index is 1100. The Morgan fingerprint density at radius 3 is 1.24 bits per heavy atom. The molecule has 11 heteroatoms. The number of carbonyl (C=O) groups excluding carboxylic acids is 2. The molecule has 0 aromatic heterocycles. The number of phosphoric acid groups is 1. The van der Waals surface area contributed by atoms with Crippen LogP contribution in [0.5, 0.6) is 0 Å². The monoisotopic (exact) mass is 915 g/mol. The third-order valence-electron chi connectivity index (χ3n) is 11.6. The molecular weight excluding hydrogens is 816 g/mol. The van der Waals surface area contributed by atoms with Gasteiger partial charge in [0.15, 0.2) is 6.10 Å². The fourth-order valence-corrected chi connectivity index (χ4v) is 8.35. The lowest BCUT2D eigenvalue weighted by Crippen LogP contribution is -2.29. The van der Waals surface area contributed by atoms with Crippen molar-refractivity contribution in [2.24, 2.45) is 0 Å². The normalized spacial score (nSPS) is 13.8. The van der Waals surface area contributed by atoms with Crippen molar-refractivity contribution in [3.8, 4) is 0 Å². The van der Waals surface area contributed by atoms with E-state index in [1.807, 2.05) is 0 Å². The maximum Gasteiger partial charge on any atom is 0.472 e. The molecule has 3 N–H and O–H groups in total. The number of aliphatic hydroxyl groups excluding tert-OH is 2. The number of phosphoric ester groups is 1. The van der Waals surface area contributed by atoms with Gasteiger partial charge in [-0.25, -0.2) is 4.57 Å². The predicted molar refractivity (Wildman–Crippen MR) is 261 cm³/mol. The maximum atomic E-state index is 12.7. The highest BCUT2D eigenvalue weighted by atomic mass is 31.2. The minimum atomic E-state index is -4.62. The largest absolute Gasteiger partial charge is 0.472 e. The number of esters is 2. The van der Waals surface area contributed by atoms with Gasteiger partial charge >= 0.3 is 19.8 Å². The van der Waals surface area contributed by atoms with Crippen LogP contribution in [0.4, 0.5) is 0 Å². The standard InChI is InChI=1S/C52H99O10P/c1-3-5-7-9-11-13-15-17-19-21-22-23-24-25-26-27-28-30-31-33-35-37-39-41-43-51(55)59-47-50(48-61-63(57,58)60-46-49(54)45-53)62-52(56)44-42-40-38-36-34-32-29-20-18-16-14-12-10-8-6-4-2/h14,16,20,29,49-50,53-54H,3-13,15,17-19,21-28,30-48H2,1-2H3,(H,57,58)/b16-14-,29-20-. The third kappa shape index (κ3) is 48.2. The molecule has 0 heterocycles. The van der Waals surface area contributed by atoms with E-state index in [1.165, 1.54) is 161 Å². The number of hydrogen-bond donors (Lipinski definition) is 3. The molecule has 0 spiro atoms. The quantitative estimate of drug-likeness (QED) is 0.0233. The van der Waals surface area contributed by atoms with Crippen molar-refractivity contribution in [2.75, 3.05) is 26.4 Å². The van der Waals surface area contributed by atoms with E-state index < -0.39 is 51.8 Å². The Labute approximate surface area is 387 Å². The van der Waals surface area contributed by atoms with Gasteiger partial charge in [-0.05, 0) is 44.9 Å². The zero-order valence-electron chi connectivity index (χ0n) is 40.8. The van der Waals surface area contributed by atoms with Crippen LogP contribution >= 0.6 is 7.82 Å². The van der Waals surface area contributed by atoms with Gasteiger partial charge in [0.25, 0.3) is 0 Å². The van der Waals surface area contributed by atoms with Gasteiger partial charge in [-0.15, -0.1) is 0 Å². The van der Waals surface area contributed by atoms with E-state index in [4.69, 9.17) is 23.6 Å². The lowest BCUT2D eigenvalue weighted by atomic mass is 10.0. The molecule has 0 rings (SSSR count). The van der Waals surface area contributed by atoms with Crippen LogP contribution < -0.4 is 0 Å². The van der Waals surface area contributed by atoms with Gasteiger partial charge in [-0.1, -0.05) is 224 Å². The van der Waals surface area contributed by atoms with Gasteiger partial charge in [-0.2, -0.15) is 0 Å². The molecule has 0 bridgehead atoms. The van der Waals surface area contributed by atoms with Gasteiger partial charge in [0.05, 0.1) is 19.8 Å². The number of rotatable bonds is 50. The minimum absolute atomic E-state index is 0.171. The summed E-state index contributed by atoms with van der Waals surface area (Å²) in [6, 6.07) is 0. The lowest BCUT2D eigenvalue weighted by Gasteiger charge is -2.20. The fraction of sp³-hybridized carbons (Fsp3) is 0.885. The Hall–Kier alpha value is -1.55. The predicted octanol–water partition coefficient (Wildman–Crippen LogP) is 14.9. The highest BCUT2D eigenvalue weighted by Gasteiger charge is 2.27. The molecular formula is C52H99O10P. The zero-order valence-corrected chi connectivity index (χ0v) is 41.7. The summed E-state index contributed by atoms with van der Waals surface area (Å²) in [5, 5.41) is 18.4. The van der Waals surface area contributed by atoms with E-state index >= 15 is 0 Å². The van der Waals surface area contributed by atoms with Crippen molar-refractivity contribution in [2.45, 2.75) is 270 Å². The molecule has 0 amide bonds. The van der Waals surface area contributed by atoms with E-state index in [1.54, 1.807) is 0 Å². The fourth-order valence-electron chi connectivity index (χ4n) is 7.56. The third-order valence-corrected chi connectivity index (χ3v) is 12.6. The SMILES string of the molecule is CCCCCC/C=C\C/C=C\CCCCCCCC(=O)OC(COC(=O)CCCCCCCCCCCCCCCCCCCCCCCCCC)COP(=O)(O)OCC(O)CO. The molecule has 372 valence electrons. The smallest absolute Gasteiger partial charge is 0.462 e. The molecule has 10 nitrogen and oxygen atoms in total. The Morgan fingerprint density at radius 1 is 0.476 bits per heavy atom. The highest BCUT2D eigenvalue weighted by molar-refractivity contribution is 7.47. The molecule has 0 fully saturated rings. The molecule has 3 atom stereocenters. The Morgan fingerprint density at radius 2 is 0.825 bits per heavy atom. The number of ether oxygens (including phenoxy) is 2. The first-order chi connectivity index (χ1) is 30.7. The van der Waals surface area contributed by atoms with Gasteiger partial charge in [0, 0.05) is 12.8 Å². The summed E-state index contributed by atoms with van der Waals surface area (Å²) < 4.78 is 32.9. The van der Waals surface area contributed by atoms with Gasteiger partial charge < -0.3 is 24.6 Å². The lowest BCUT2D eigenvalue weighted by molar-refractivity contribution is -0.161. The van der Waals surface area contributed by atoms with E-state index in [-0.39, 0.29) is 19.4 Å². The summed E-state index contributed by atoms with van der Waals surface area (Å²) in [4.78, 5) is 35.2. The first kappa shape index (κ1) is 61.5. The molecule has 0 aliphatic heterocycles. The first-order valence-corrected chi connectivity index (χ1v) is 27.8. The van der Waals surface area contributed by atoms with E-state index in [0.717, 1.165) is 57.8 Å². The van der Waals surface area contributed by atoms with Crippen LogP contribution in [-0.2, 0) is 32.7 Å². The summed E-state index contributed by atoms with van der Waals surface area (Å²) in [6.45, 7) is 2.40. The summed E-state index contributed by atoms with van der Waals surface area (Å²) in [7, 11) is -4.62. The maximum absolute atomic E-state index is 12.7. The molecule has 0 aliphatic carbocycles. The second kappa shape index (κ2) is 48.4. The zero-order chi connectivity index (χ0) is 46.2. The molecule has 0 saturated heterocycles. The summed E-state index contributed by atoms with van der Waals surface area (Å²) in [6.07, 6.45) is 51.5. The van der Waals surface area contributed by atoms with Crippen LogP contribution in [0, 0.1) is 0 Å². The number of hydrogen-bond acceptors (Lipinski definition) is 9. The van der Waals surface area contributed by atoms with E-state index in [2.05, 4.69) is 38.2 Å². The summed E-state index contributed by atoms with van der Waals surface area (Å²) in [5.74, 6) is -0.927. The number of carbonyl (C=O) groups is 2. The number of aliphatic hydroxyl groups is 2. The summed E-state index contributed by atoms with van der Waals surface area (Å²) in [5.41, 5.74) is 0. The van der Waals surface area contributed by atoms with Crippen LogP contribution in [0.3, 0.4) is 0 Å². The molecule has 3 unspecified atom stereocenters. The molecule has 0 saturated carbocycles. The first-order valence-electron chi connectivity index (χ1n) is 26.3. The summed E-state index contributed by atoms with van der Waals surface area (Å²) >= 11 is 0. The van der Waals surface area contributed by atoms with E-state index in [9.17, 15) is 24.2 Å². The van der Waals surface area contributed by atoms with E-state index in [0.29, 0.717) is 12.8 Å². The molecule has 0 radical (unpaired) electrons. The van der Waals surface area contributed by atoms with Crippen molar-refractivity contribution in [1.29, 1.82) is 0 Å². The minimum Gasteiger partial charge on any atom is -0.462 e. The van der Waals surface area contributed by atoms with Crippen molar-refractivity contribution >= 4 is 19.8 Å². The molecule has 0 aliphatic rings. The molecule has 0 aromatic carbocycles. The number of unbranched alkanes of at least 4 members (excludes halogenated alkanes) is 32. The van der Waals surface area contributed by atoms with Crippen LogP contribution in [-0.4, -0.2) is 65.7 Å².